The Bertz CT molecular complexity index is 754. The SMILES string of the molecule is N#CCCNc1cc(-c2ccccn2)nc(-c2cccnc2)n1. The van der Waals surface area contributed by atoms with E-state index >= 15 is 0 Å². The lowest BCUT2D eigenvalue weighted by molar-refractivity contribution is 1.04. The highest BCUT2D eigenvalue weighted by atomic mass is 15.0. The first-order chi connectivity index (χ1) is 11.4. The molecule has 3 heterocycles. The van der Waals surface area contributed by atoms with E-state index < -0.39 is 0 Å². The van der Waals surface area contributed by atoms with Gasteiger partial charge in [0.2, 0.25) is 0 Å². The van der Waals surface area contributed by atoms with Gasteiger partial charge in [-0.2, -0.15) is 5.26 Å². The maximum absolute atomic E-state index is 8.67. The Morgan fingerprint density at radius 1 is 1.04 bits per heavy atom. The van der Waals surface area contributed by atoms with E-state index in [0.717, 1.165) is 17.0 Å². The number of rotatable bonds is 5. The number of hydrogen-bond acceptors (Lipinski definition) is 6. The van der Waals surface area contributed by atoms with Crippen molar-refractivity contribution in [3.63, 3.8) is 0 Å². The van der Waals surface area contributed by atoms with Gasteiger partial charge in [-0.1, -0.05) is 6.07 Å². The van der Waals surface area contributed by atoms with Crippen molar-refractivity contribution < 1.29 is 0 Å². The Morgan fingerprint density at radius 2 is 2.00 bits per heavy atom. The molecule has 0 atom stereocenters. The molecule has 0 saturated carbocycles. The van der Waals surface area contributed by atoms with Crippen molar-refractivity contribution in [3.8, 4) is 28.8 Å². The predicted molar refractivity (Wildman–Crippen MR) is 87.2 cm³/mol. The first-order valence-electron chi connectivity index (χ1n) is 7.18. The van der Waals surface area contributed by atoms with Crippen molar-refractivity contribution >= 4 is 5.82 Å². The van der Waals surface area contributed by atoms with E-state index in [-0.39, 0.29) is 0 Å². The van der Waals surface area contributed by atoms with E-state index in [4.69, 9.17) is 5.26 Å². The Morgan fingerprint density at radius 3 is 2.74 bits per heavy atom. The zero-order valence-electron chi connectivity index (χ0n) is 12.3. The van der Waals surface area contributed by atoms with E-state index in [0.29, 0.717) is 24.6 Å². The minimum atomic E-state index is 0.408. The number of nitrogens with zero attached hydrogens (tertiary/aromatic N) is 5. The van der Waals surface area contributed by atoms with Crippen LogP contribution in [0.1, 0.15) is 6.42 Å². The van der Waals surface area contributed by atoms with E-state index in [1.165, 1.54) is 0 Å². The highest BCUT2D eigenvalue weighted by Gasteiger charge is 2.09. The van der Waals surface area contributed by atoms with E-state index in [1.54, 1.807) is 18.6 Å². The van der Waals surface area contributed by atoms with Gasteiger partial charge in [-0.05, 0) is 24.3 Å². The number of anilines is 1. The van der Waals surface area contributed by atoms with Gasteiger partial charge in [-0.3, -0.25) is 9.97 Å². The van der Waals surface area contributed by atoms with Crippen LogP contribution < -0.4 is 5.32 Å². The summed E-state index contributed by atoms with van der Waals surface area (Å²) in [6.45, 7) is 0.529. The smallest absolute Gasteiger partial charge is 0.163 e. The molecule has 0 unspecified atom stereocenters. The third kappa shape index (κ3) is 3.66. The number of pyridine rings is 2. The summed E-state index contributed by atoms with van der Waals surface area (Å²) in [6, 6.07) is 13.4. The number of aromatic nitrogens is 4. The van der Waals surface area contributed by atoms with Crippen LogP contribution in [0, 0.1) is 11.3 Å². The molecule has 23 heavy (non-hydrogen) atoms. The summed E-state index contributed by atoms with van der Waals surface area (Å²) in [7, 11) is 0. The van der Waals surface area contributed by atoms with Gasteiger partial charge in [0.25, 0.3) is 0 Å². The van der Waals surface area contributed by atoms with Crippen LogP contribution in [0.4, 0.5) is 5.82 Å². The molecule has 3 aromatic heterocycles. The van der Waals surface area contributed by atoms with Crippen LogP contribution in [-0.2, 0) is 0 Å². The fourth-order valence-corrected chi connectivity index (χ4v) is 2.05. The highest BCUT2D eigenvalue weighted by molar-refractivity contribution is 5.64. The molecule has 0 amide bonds. The quantitative estimate of drug-likeness (QED) is 0.729. The molecule has 0 spiro atoms. The van der Waals surface area contributed by atoms with Crippen molar-refractivity contribution in [3.05, 3.63) is 55.0 Å². The Labute approximate surface area is 133 Å². The molecule has 1 N–H and O–H groups in total. The number of nitrogens with one attached hydrogen (secondary N) is 1. The summed E-state index contributed by atoms with van der Waals surface area (Å²) in [4.78, 5) is 17.5. The second-order valence-corrected chi connectivity index (χ2v) is 4.75. The van der Waals surface area contributed by atoms with Gasteiger partial charge >= 0.3 is 0 Å². The highest BCUT2D eigenvalue weighted by Crippen LogP contribution is 2.22. The predicted octanol–water partition coefficient (Wildman–Crippen LogP) is 2.93. The average Bonchev–Trinajstić information content (AvgIpc) is 2.63. The van der Waals surface area contributed by atoms with Crippen molar-refractivity contribution in [1.82, 2.24) is 19.9 Å². The number of hydrogen-bond donors (Lipinski definition) is 1. The van der Waals surface area contributed by atoms with Gasteiger partial charge in [0, 0.05) is 36.8 Å². The van der Waals surface area contributed by atoms with Gasteiger partial charge in [0.15, 0.2) is 5.82 Å². The molecule has 112 valence electrons. The zero-order chi connectivity index (χ0) is 15.9. The van der Waals surface area contributed by atoms with E-state index in [1.807, 2.05) is 36.4 Å². The van der Waals surface area contributed by atoms with Crippen molar-refractivity contribution in [1.29, 1.82) is 5.26 Å². The summed E-state index contributed by atoms with van der Waals surface area (Å²) in [5.41, 5.74) is 2.32. The van der Waals surface area contributed by atoms with Crippen molar-refractivity contribution in [2.45, 2.75) is 6.42 Å². The van der Waals surface area contributed by atoms with Crippen LogP contribution in [0.3, 0.4) is 0 Å². The van der Waals surface area contributed by atoms with Gasteiger partial charge in [0.05, 0.1) is 23.9 Å². The summed E-state index contributed by atoms with van der Waals surface area (Å²) < 4.78 is 0. The molecular formula is C17H14N6. The third-order valence-electron chi connectivity index (χ3n) is 3.12. The maximum Gasteiger partial charge on any atom is 0.163 e. The third-order valence-corrected chi connectivity index (χ3v) is 3.12. The topological polar surface area (TPSA) is 87.4 Å². The molecule has 3 aromatic rings. The second-order valence-electron chi connectivity index (χ2n) is 4.75. The fraction of sp³-hybridized carbons (Fsp3) is 0.118. The van der Waals surface area contributed by atoms with Gasteiger partial charge < -0.3 is 5.32 Å². The normalized spacial score (nSPS) is 10.0. The molecule has 0 saturated heterocycles. The summed E-state index contributed by atoms with van der Waals surface area (Å²) >= 11 is 0. The lowest BCUT2D eigenvalue weighted by Crippen LogP contribution is -2.05. The van der Waals surface area contributed by atoms with E-state index in [9.17, 15) is 0 Å². The van der Waals surface area contributed by atoms with E-state index in [2.05, 4.69) is 31.3 Å². The summed E-state index contributed by atoms with van der Waals surface area (Å²) in [6.07, 6.45) is 5.56. The van der Waals surface area contributed by atoms with Crippen LogP contribution in [0.25, 0.3) is 22.8 Å². The van der Waals surface area contributed by atoms with Crippen LogP contribution in [0.2, 0.25) is 0 Å². The largest absolute Gasteiger partial charge is 0.369 e. The minimum Gasteiger partial charge on any atom is -0.369 e. The van der Waals surface area contributed by atoms with Gasteiger partial charge in [0.1, 0.15) is 5.82 Å². The zero-order valence-corrected chi connectivity index (χ0v) is 12.3. The minimum absolute atomic E-state index is 0.408. The molecule has 6 heteroatoms. The average molecular weight is 302 g/mol. The standard InChI is InChI=1S/C17H14N6/c18-7-4-10-21-16-11-15(14-6-1-2-9-20-14)22-17(23-16)13-5-3-8-19-12-13/h1-3,5-6,8-9,11-12H,4,10H2,(H,21,22,23). The lowest BCUT2D eigenvalue weighted by Gasteiger charge is -2.09. The lowest BCUT2D eigenvalue weighted by atomic mass is 10.2. The van der Waals surface area contributed by atoms with Crippen LogP contribution in [0.5, 0.6) is 0 Å². The summed E-state index contributed by atoms with van der Waals surface area (Å²) in [5.74, 6) is 1.23. The Balaban J connectivity index is 2.02. The molecule has 0 fully saturated rings. The molecule has 6 nitrogen and oxygen atoms in total. The fourth-order valence-electron chi connectivity index (χ4n) is 2.05. The number of nitriles is 1. The molecule has 3 rings (SSSR count). The van der Waals surface area contributed by atoms with Crippen molar-refractivity contribution in [2.75, 3.05) is 11.9 Å². The monoisotopic (exact) mass is 302 g/mol. The first-order valence-corrected chi connectivity index (χ1v) is 7.18. The van der Waals surface area contributed by atoms with Gasteiger partial charge in [-0.25, -0.2) is 9.97 Å². The molecular weight excluding hydrogens is 288 g/mol. The summed E-state index contributed by atoms with van der Waals surface area (Å²) in [5, 5.41) is 11.8. The molecule has 0 aromatic carbocycles. The van der Waals surface area contributed by atoms with Gasteiger partial charge in [-0.15, -0.1) is 0 Å². The van der Waals surface area contributed by atoms with Crippen molar-refractivity contribution in [2.24, 2.45) is 0 Å². The molecule has 0 aliphatic heterocycles. The Hall–Kier alpha value is -3.33. The molecule has 0 aliphatic carbocycles. The van der Waals surface area contributed by atoms with Crippen LogP contribution in [-0.4, -0.2) is 26.5 Å². The second kappa shape index (κ2) is 7.09. The Kier molecular flexibility index (Phi) is 4.50. The van der Waals surface area contributed by atoms with Crippen LogP contribution >= 0.6 is 0 Å². The molecule has 0 radical (unpaired) electrons. The molecule has 0 bridgehead atoms. The maximum atomic E-state index is 8.67. The molecule has 0 aliphatic rings. The first kappa shape index (κ1) is 14.6. The van der Waals surface area contributed by atoms with Crippen LogP contribution in [0.15, 0.2) is 55.0 Å².